The molecule has 5 nitrogen and oxygen atoms in total. The van der Waals surface area contributed by atoms with Crippen molar-refractivity contribution in [3.8, 4) is 6.07 Å². The zero-order valence-electron chi connectivity index (χ0n) is 13.8. The predicted molar refractivity (Wildman–Crippen MR) is 96.6 cm³/mol. The van der Waals surface area contributed by atoms with Crippen LogP contribution in [0.2, 0.25) is 0 Å². The summed E-state index contributed by atoms with van der Waals surface area (Å²) in [6, 6.07) is 16.2. The van der Waals surface area contributed by atoms with Gasteiger partial charge >= 0.3 is 0 Å². The number of nitrogens with zero attached hydrogens (tertiary/aromatic N) is 3. The number of nitro groups is 1. The van der Waals surface area contributed by atoms with Gasteiger partial charge in [0.25, 0.3) is 5.69 Å². The Labute approximate surface area is 141 Å². The van der Waals surface area contributed by atoms with Crippen LogP contribution in [-0.4, -0.2) is 18.0 Å². The maximum Gasteiger partial charge on any atom is 0.270 e. The second-order valence-corrected chi connectivity index (χ2v) is 5.24. The van der Waals surface area contributed by atoms with Crippen molar-refractivity contribution in [3.05, 3.63) is 69.8 Å². The molecule has 0 aliphatic heterocycles. The van der Waals surface area contributed by atoms with Gasteiger partial charge in [0, 0.05) is 30.9 Å². The summed E-state index contributed by atoms with van der Waals surface area (Å²) in [6.07, 6.45) is 1.74. The summed E-state index contributed by atoms with van der Waals surface area (Å²) < 4.78 is 0. The zero-order valence-corrected chi connectivity index (χ0v) is 13.8. The molecule has 0 bridgehead atoms. The predicted octanol–water partition coefficient (Wildman–Crippen LogP) is 4.51. The molecular weight excluding hydrogens is 302 g/mol. The lowest BCUT2D eigenvalue weighted by Crippen LogP contribution is -2.21. The van der Waals surface area contributed by atoms with E-state index < -0.39 is 4.92 Å². The van der Waals surface area contributed by atoms with Crippen LogP contribution in [0.3, 0.4) is 0 Å². The van der Waals surface area contributed by atoms with E-state index in [0.717, 1.165) is 24.3 Å². The highest BCUT2D eigenvalue weighted by atomic mass is 16.6. The average molecular weight is 321 g/mol. The average Bonchev–Trinajstić information content (AvgIpc) is 2.62. The lowest BCUT2D eigenvalue weighted by Gasteiger charge is -2.20. The Balaban J connectivity index is 2.32. The van der Waals surface area contributed by atoms with Gasteiger partial charge in [-0.2, -0.15) is 5.26 Å². The van der Waals surface area contributed by atoms with E-state index in [0.29, 0.717) is 11.1 Å². The molecule has 0 heterocycles. The van der Waals surface area contributed by atoms with Gasteiger partial charge in [0.05, 0.1) is 16.6 Å². The third kappa shape index (κ3) is 3.99. The van der Waals surface area contributed by atoms with Crippen molar-refractivity contribution in [1.29, 1.82) is 5.26 Å². The smallest absolute Gasteiger partial charge is 0.270 e. The van der Waals surface area contributed by atoms with E-state index in [2.05, 4.69) is 24.8 Å². The molecule has 122 valence electrons. The zero-order chi connectivity index (χ0) is 17.5. The molecule has 0 aliphatic rings. The number of anilines is 1. The molecule has 0 amide bonds. The van der Waals surface area contributed by atoms with Crippen LogP contribution in [0.25, 0.3) is 11.6 Å². The first-order valence-electron chi connectivity index (χ1n) is 7.80. The second kappa shape index (κ2) is 7.93. The van der Waals surface area contributed by atoms with E-state index >= 15 is 0 Å². The van der Waals surface area contributed by atoms with Crippen LogP contribution in [0.15, 0.2) is 48.5 Å². The van der Waals surface area contributed by atoms with E-state index in [1.807, 2.05) is 24.3 Å². The molecule has 0 saturated carbocycles. The second-order valence-electron chi connectivity index (χ2n) is 5.24. The van der Waals surface area contributed by atoms with Gasteiger partial charge in [-0.15, -0.1) is 0 Å². The quantitative estimate of drug-likeness (QED) is 0.340. The first-order chi connectivity index (χ1) is 11.6. The minimum Gasteiger partial charge on any atom is -0.372 e. The highest BCUT2D eigenvalue weighted by Crippen LogP contribution is 2.23. The Morgan fingerprint density at radius 2 is 1.88 bits per heavy atom. The monoisotopic (exact) mass is 321 g/mol. The van der Waals surface area contributed by atoms with E-state index in [4.69, 9.17) is 0 Å². The molecule has 24 heavy (non-hydrogen) atoms. The Hall–Kier alpha value is -3.13. The Morgan fingerprint density at radius 3 is 2.42 bits per heavy atom. The molecule has 2 aromatic rings. The number of nitriles is 1. The van der Waals surface area contributed by atoms with E-state index in [-0.39, 0.29) is 5.69 Å². The molecule has 0 aromatic heterocycles. The molecule has 5 heteroatoms. The Morgan fingerprint density at radius 1 is 1.21 bits per heavy atom. The number of rotatable bonds is 6. The molecule has 0 atom stereocenters. The van der Waals surface area contributed by atoms with Crippen LogP contribution >= 0.6 is 0 Å². The lowest BCUT2D eigenvalue weighted by atomic mass is 10.0. The van der Waals surface area contributed by atoms with Gasteiger partial charge in [0.15, 0.2) is 0 Å². The van der Waals surface area contributed by atoms with Crippen molar-refractivity contribution in [2.75, 3.05) is 18.0 Å². The van der Waals surface area contributed by atoms with Gasteiger partial charge < -0.3 is 4.90 Å². The van der Waals surface area contributed by atoms with E-state index in [9.17, 15) is 15.4 Å². The van der Waals surface area contributed by atoms with Gasteiger partial charge in [-0.3, -0.25) is 10.1 Å². The van der Waals surface area contributed by atoms with Crippen molar-refractivity contribution in [2.24, 2.45) is 0 Å². The van der Waals surface area contributed by atoms with Crippen molar-refractivity contribution in [1.82, 2.24) is 0 Å². The maximum atomic E-state index is 10.9. The van der Waals surface area contributed by atoms with Crippen LogP contribution in [-0.2, 0) is 0 Å². The number of hydrogen-bond acceptors (Lipinski definition) is 4. The molecule has 0 unspecified atom stereocenters. The Kier molecular flexibility index (Phi) is 5.69. The van der Waals surface area contributed by atoms with Gasteiger partial charge in [-0.25, -0.2) is 0 Å². The SMILES string of the molecule is CCN(CC)c1ccc(/C=C(/C#N)c2cccc([N+](=O)[O-])c2)cc1. The fourth-order valence-electron chi connectivity index (χ4n) is 2.50. The molecule has 2 rings (SSSR count). The number of hydrogen-bond donors (Lipinski definition) is 0. The Bertz CT molecular complexity index is 785. The van der Waals surface area contributed by atoms with E-state index in [1.165, 1.54) is 12.1 Å². The van der Waals surface area contributed by atoms with Gasteiger partial charge in [0.2, 0.25) is 0 Å². The molecule has 0 spiro atoms. The summed E-state index contributed by atoms with van der Waals surface area (Å²) in [4.78, 5) is 12.7. The summed E-state index contributed by atoms with van der Waals surface area (Å²) in [5, 5.41) is 20.3. The van der Waals surface area contributed by atoms with Crippen LogP contribution < -0.4 is 4.90 Å². The molecule has 0 fully saturated rings. The van der Waals surface area contributed by atoms with Crippen LogP contribution in [0.1, 0.15) is 25.0 Å². The topological polar surface area (TPSA) is 70.2 Å². The van der Waals surface area contributed by atoms with Crippen LogP contribution in [0, 0.1) is 21.4 Å². The minimum absolute atomic E-state index is 0.0227. The molecule has 0 N–H and O–H groups in total. The third-order valence-electron chi connectivity index (χ3n) is 3.82. The molecule has 0 radical (unpaired) electrons. The van der Waals surface area contributed by atoms with Gasteiger partial charge in [-0.05, 0) is 43.2 Å². The van der Waals surface area contributed by atoms with Gasteiger partial charge in [-0.1, -0.05) is 24.3 Å². The van der Waals surface area contributed by atoms with E-state index in [1.54, 1.807) is 18.2 Å². The highest BCUT2D eigenvalue weighted by Gasteiger charge is 2.09. The first-order valence-corrected chi connectivity index (χ1v) is 7.80. The number of non-ortho nitro benzene ring substituents is 1. The highest BCUT2D eigenvalue weighted by molar-refractivity contribution is 5.90. The number of allylic oxidation sites excluding steroid dienone is 1. The molecule has 0 aliphatic carbocycles. The minimum atomic E-state index is -0.461. The number of nitro benzene ring substituents is 1. The van der Waals surface area contributed by atoms with Crippen molar-refractivity contribution < 1.29 is 4.92 Å². The fraction of sp³-hybridized carbons (Fsp3) is 0.211. The van der Waals surface area contributed by atoms with Crippen LogP contribution in [0.5, 0.6) is 0 Å². The van der Waals surface area contributed by atoms with Crippen LogP contribution in [0.4, 0.5) is 11.4 Å². The van der Waals surface area contributed by atoms with Crippen molar-refractivity contribution in [3.63, 3.8) is 0 Å². The fourth-order valence-corrected chi connectivity index (χ4v) is 2.50. The standard InChI is InChI=1S/C19H19N3O2/c1-3-21(4-2)18-10-8-15(9-11-18)12-17(14-20)16-6-5-7-19(13-16)22(23)24/h5-13H,3-4H2,1-2H3/b17-12-. The van der Waals surface area contributed by atoms with Crippen molar-refractivity contribution in [2.45, 2.75) is 13.8 Å². The molecule has 2 aromatic carbocycles. The summed E-state index contributed by atoms with van der Waals surface area (Å²) >= 11 is 0. The summed E-state index contributed by atoms with van der Waals surface area (Å²) in [7, 11) is 0. The summed E-state index contributed by atoms with van der Waals surface area (Å²) in [5.41, 5.74) is 2.93. The summed E-state index contributed by atoms with van der Waals surface area (Å²) in [5.74, 6) is 0. The summed E-state index contributed by atoms with van der Waals surface area (Å²) in [6.45, 7) is 6.08. The first kappa shape index (κ1) is 17.2. The largest absolute Gasteiger partial charge is 0.372 e. The normalized spacial score (nSPS) is 11.0. The maximum absolute atomic E-state index is 10.9. The van der Waals surface area contributed by atoms with Gasteiger partial charge in [0.1, 0.15) is 0 Å². The number of benzene rings is 2. The molecule has 0 saturated heterocycles. The lowest BCUT2D eigenvalue weighted by molar-refractivity contribution is -0.384. The third-order valence-corrected chi connectivity index (χ3v) is 3.82. The molecular formula is C19H19N3O2. The van der Waals surface area contributed by atoms with Crippen molar-refractivity contribution >= 4 is 23.0 Å².